The van der Waals surface area contributed by atoms with Crippen LogP contribution in [0.15, 0.2) is 60.7 Å². The molecule has 27 heavy (non-hydrogen) atoms. The first kappa shape index (κ1) is 18.9. The summed E-state index contributed by atoms with van der Waals surface area (Å²) in [5.74, 6) is 0.238. The van der Waals surface area contributed by atoms with Crippen molar-refractivity contribution >= 4 is 29.2 Å². The standard InChI is InChI=1S/C20H14Cl2O5/c21-15-8-12(10-19(24)25)9-16(22)20(15)27-14-6-7-17(23)18(11-14)26-13-4-2-1-3-5-13/h1-9,11,23H,10H2,(H,24,25). The van der Waals surface area contributed by atoms with Gasteiger partial charge in [0.15, 0.2) is 17.2 Å². The van der Waals surface area contributed by atoms with Crippen LogP contribution in [0.5, 0.6) is 28.7 Å². The Kier molecular flexibility index (Phi) is 5.74. The maximum Gasteiger partial charge on any atom is 0.307 e. The SMILES string of the molecule is O=C(O)Cc1cc(Cl)c(Oc2ccc(O)c(Oc3ccccc3)c2)c(Cl)c1. The van der Waals surface area contributed by atoms with Gasteiger partial charge >= 0.3 is 5.97 Å². The van der Waals surface area contributed by atoms with Crippen LogP contribution >= 0.6 is 23.2 Å². The van der Waals surface area contributed by atoms with Crippen molar-refractivity contribution < 1.29 is 24.5 Å². The molecule has 0 atom stereocenters. The molecule has 5 nitrogen and oxygen atoms in total. The van der Waals surface area contributed by atoms with E-state index in [4.69, 9.17) is 37.8 Å². The van der Waals surface area contributed by atoms with Gasteiger partial charge in [-0.2, -0.15) is 0 Å². The monoisotopic (exact) mass is 404 g/mol. The summed E-state index contributed by atoms with van der Waals surface area (Å²) in [5, 5.41) is 19.2. The fourth-order valence-corrected chi connectivity index (χ4v) is 2.97. The number of carboxylic acid groups (broad SMARTS) is 1. The van der Waals surface area contributed by atoms with Gasteiger partial charge in [0.05, 0.1) is 16.5 Å². The van der Waals surface area contributed by atoms with E-state index in [-0.39, 0.29) is 33.7 Å². The number of rotatable bonds is 6. The molecule has 0 heterocycles. The zero-order valence-electron chi connectivity index (χ0n) is 13.9. The van der Waals surface area contributed by atoms with Gasteiger partial charge in [-0.15, -0.1) is 0 Å². The summed E-state index contributed by atoms with van der Waals surface area (Å²) in [7, 11) is 0. The van der Waals surface area contributed by atoms with Gasteiger partial charge in [0.25, 0.3) is 0 Å². The summed E-state index contributed by atoms with van der Waals surface area (Å²) in [5.41, 5.74) is 0.462. The number of carboxylic acids is 1. The van der Waals surface area contributed by atoms with E-state index in [1.54, 1.807) is 12.1 Å². The number of phenolic OH excluding ortho intramolecular Hbond substituents is 1. The number of halogens is 2. The van der Waals surface area contributed by atoms with E-state index in [2.05, 4.69) is 0 Å². The number of benzene rings is 3. The van der Waals surface area contributed by atoms with Crippen molar-refractivity contribution in [1.29, 1.82) is 0 Å². The molecule has 3 aromatic carbocycles. The highest BCUT2D eigenvalue weighted by Crippen LogP contribution is 2.40. The summed E-state index contributed by atoms with van der Waals surface area (Å²) in [4.78, 5) is 10.8. The molecule has 0 bridgehead atoms. The number of hydrogen-bond donors (Lipinski definition) is 2. The Hall–Kier alpha value is -2.89. The van der Waals surface area contributed by atoms with Crippen molar-refractivity contribution in [2.24, 2.45) is 0 Å². The third-order valence-electron chi connectivity index (χ3n) is 3.54. The van der Waals surface area contributed by atoms with Gasteiger partial charge < -0.3 is 19.7 Å². The first-order valence-corrected chi connectivity index (χ1v) is 8.61. The lowest BCUT2D eigenvalue weighted by atomic mass is 10.1. The van der Waals surface area contributed by atoms with Crippen LogP contribution in [0.3, 0.4) is 0 Å². The Morgan fingerprint density at radius 2 is 1.56 bits per heavy atom. The second-order valence-electron chi connectivity index (χ2n) is 5.61. The third kappa shape index (κ3) is 4.84. The van der Waals surface area contributed by atoms with E-state index in [9.17, 15) is 9.90 Å². The van der Waals surface area contributed by atoms with E-state index in [1.165, 1.54) is 30.3 Å². The molecular formula is C20H14Cl2O5. The Morgan fingerprint density at radius 3 is 2.19 bits per heavy atom. The molecule has 0 fully saturated rings. The molecule has 7 heteroatoms. The highest BCUT2D eigenvalue weighted by Gasteiger charge is 2.14. The summed E-state index contributed by atoms with van der Waals surface area (Å²) in [6.07, 6.45) is -0.200. The Bertz CT molecular complexity index is 950. The van der Waals surface area contributed by atoms with E-state index < -0.39 is 5.97 Å². The van der Waals surface area contributed by atoms with Crippen molar-refractivity contribution in [3.05, 3.63) is 76.3 Å². The molecular weight excluding hydrogens is 391 g/mol. The van der Waals surface area contributed by atoms with Crippen molar-refractivity contribution in [3.63, 3.8) is 0 Å². The second-order valence-corrected chi connectivity index (χ2v) is 6.42. The van der Waals surface area contributed by atoms with Crippen LogP contribution in [0.2, 0.25) is 10.0 Å². The normalized spacial score (nSPS) is 10.4. The minimum absolute atomic E-state index is 0.0554. The molecule has 0 aliphatic heterocycles. The topological polar surface area (TPSA) is 76.0 Å². The van der Waals surface area contributed by atoms with Gasteiger partial charge in [0, 0.05) is 6.07 Å². The number of aromatic hydroxyl groups is 1. The summed E-state index contributed by atoms with van der Waals surface area (Å²) in [6, 6.07) is 16.4. The predicted molar refractivity (Wildman–Crippen MR) is 102 cm³/mol. The molecule has 3 aromatic rings. The van der Waals surface area contributed by atoms with Gasteiger partial charge in [-0.25, -0.2) is 0 Å². The van der Waals surface area contributed by atoms with Gasteiger partial charge in [0.2, 0.25) is 0 Å². The zero-order chi connectivity index (χ0) is 19.4. The zero-order valence-corrected chi connectivity index (χ0v) is 15.4. The Morgan fingerprint density at radius 1 is 0.889 bits per heavy atom. The van der Waals surface area contributed by atoms with Crippen LogP contribution in [0, 0.1) is 0 Å². The summed E-state index contributed by atoms with van der Waals surface area (Å²) >= 11 is 12.4. The van der Waals surface area contributed by atoms with E-state index >= 15 is 0 Å². The Balaban J connectivity index is 1.86. The van der Waals surface area contributed by atoms with E-state index in [1.807, 2.05) is 18.2 Å². The van der Waals surface area contributed by atoms with Crippen molar-refractivity contribution in [3.8, 4) is 28.7 Å². The lowest BCUT2D eigenvalue weighted by molar-refractivity contribution is -0.136. The molecule has 138 valence electrons. The largest absolute Gasteiger partial charge is 0.504 e. The molecule has 0 saturated heterocycles. The average molecular weight is 405 g/mol. The number of hydrogen-bond acceptors (Lipinski definition) is 4. The summed E-state index contributed by atoms with van der Waals surface area (Å²) < 4.78 is 11.4. The quantitative estimate of drug-likeness (QED) is 0.533. The second kappa shape index (κ2) is 8.20. The van der Waals surface area contributed by atoms with Gasteiger partial charge in [-0.1, -0.05) is 41.4 Å². The number of aliphatic carboxylic acids is 1. The molecule has 0 aliphatic carbocycles. The summed E-state index contributed by atoms with van der Waals surface area (Å²) in [6.45, 7) is 0. The van der Waals surface area contributed by atoms with Crippen LogP contribution in [0.1, 0.15) is 5.56 Å². The van der Waals surface area contributed by atoms with Crippen molar-refractivity contribution in [2.45, 2.75) is 6.42 Å². The first-order valence-electron chi connectivity index (χ1n) is 7.86. The van der Waals surface area contributed by atoms with Crippen LogP contribution < -0.4 is 9.47 Å². The molecule has 0 aliphatic rings. The van der Waals surface area contributed by atoms with Gasteiger partial charge in [-0.05, 0) is 42.0 Å². The fraction of sp³-hybridized carbons (Fsp3) is 0.0500. The van der Waals surface area contributed by atoms with Crippen LogP contribution in [0.4, 0.5) is 0 Å². The van der Waals surface area contributed by atoms with Crippen molar-refractivity contribution in [2.75, 3.05) is 0 Å². The third-order valence-corrected chi connectivity index (χ3v) is 4.10. The molecule has 3 rings (SSSR count). The number of phenols is 1. The molecule has 0 aromatic heterocycles. The first-order chi connectivity index (χ1) is 12.9. The smallest absolute Gasteiger partial charge is 0.307 e. The number of ether oxygens (including phenoxy) is 2. The lowest BCUT2D eigenvalue weighted by Crippen LogP contribution is -2.00. The minimum Gasteiger partial charge on any atom is -0.504 e. The molecule has 0 radical (unpaired) electrons. The molecule has 0 spiro atoms. The molecule has 0 amide bonds. The Labute approximate surface area is 165 Å². The highest BCUT2D eigenvalue weighted by molar-refractivity contribution is 6.37. The van der Waals surface area contributed by atoms with E-state index in [0.29, 0.717) is 17.1 Å². The molecule has 2 N–H and O–H groups in total. The fourth-order valence-electron chi connectivity index (χ4n) is 2.36. The van der Waals surface area contributed by atoms with Crippen LogP contribution in [-0.2, 0) is 11.2 Å². The minimum atomic E-state index is -0.989. The molecule has 0 unspecified atom stereocenters. The average Bonchev–Trinajstić information content (AvgIpc) is 2.61. The maximum atomic E-state index is 10.8. The van der Waals surface area contributed by atoms with Crippen LogP contribution in [-0.4, -0.2) is 16.2 Å². The highest BCUT2D eigenvalue weighted by atomic mass is 35.5. The molecule has 0 saturated carbocycles. The maximum absolute atomic E-state index is 10.8. The predicted octanol–water partition coefficient (Wildman–Crippen LogP) is 5.91. The van der Waals surface area contributed by atoms with Crippen LogP contribution in [0.25, 0.3) is 0 Å². The van der Waals surface area contributed by atoms with E-state index in [0.717, 1.165) is 0 Å². The van der Waals surface area contributed by atoms with Gasteiger partial charge in [0.1, 0.15) is 11.5 Å². The lowest BCUT2D eigenvalue weighted by Gasteiger charge is -2.13. The number of carbonyl (C=O) groups is 1. The number of para-hydroxylation sites is 1. The van der Waals surface area contributed by atoms with Gasteiger partial charge in [-0.3, -0.25) is 4.79 Å². The van der Waals surface area contributed by atoms with Crippen molar-refractivity contribution in [1.82, 2.24) is 0 Å².